The van der Waals surface area contributed by atoms with Crippen molar-refractivity contribution in [3.8, 4) is 16.9 Å². The van der Waals surface area contributed by atoms with Crippen molar-refractivity contribution in [2.75, 3.05) is 6.26 Å². The second-order valence-electron chi connectivity index (χ2n) is 5.93. The van der Waals surface area contributed by atoms with E-state index in [9.17, 15) is 8.42 Å². The third-order valence-electron chi connectivity index (χ3n) is 4.30. The third-order valence-corrected chi connectivity index (χ3v) is 4.79. The molecule has 4 rings (SSSR count). The quantitative estimate of drug-likeness (QED) is 0.527. The van der Waals surface area contributed by atoms with Gasteiger partial charge < -0.3 is 4.18 Å². The first-order valence-electron chi connectivity index (χ1n) is 7.71. The van der Waals surface area contributed by atoms with Gasteiger partial charge in [-0.2, -0.15) is 8.42 Å². The van der Waals surface area contributed by atoms with Gasteiger partial charge in [0.1, 0.15) is 5.75 Å². The fraction of sp³-hybridized carbons (Fsp3) is 0.100. The number of rotatable bonds is 3. The molecule has 0 amide bonds. The van der Waals surface area contributed by atoms with Crippen molar-refractivity contribution in [2.24, 2.45) is 0 Å². The third kappa shape index (κ3) is 2.49. The van der Waals surface area contributed by atoms with E-state index < -0.39 is 10.1 Å². The van der Waals surface area contributed by atoms with Crippen LogP contribution in [0.4, 0.5) is 0 Å². The molecule has 24 heavy (non-hydrogen) atoms. The molecule has 3 aromatic rings. The summed E-state index contributed by atoms with van der Waals surface area (Å²) in [6.07, 6.45) is 1.07. The fourth-order valence-corrected chi connectivity index (χ4v) is 3.93. The summed E-state index contributed by atoms with van der Waals surface area (Å²) in [7, 11) is -3.58. The average molecular weight is 336 g/mol. The Balaban J connectivity index is 1.95. The average Bonchev–Trinajstić information content (AvgIpc) is 2.89. The van der Waals surface area contributed by atoms with Gasteiger partial charge >= 0.3 is 10.1 Å². The lowest BCUT2D eigenvalue weighted by Gasteiger charge is -2.17. The molecule has 0 aliphatic heterocycles. The molecule has 0 saturated carbocycles. The van der Waals surface area contributed by atoms with E-state index in [-0.39, 0.29) is 5.92 Å². The lowest BCUT2D eigenvalue weighted by molar-refractivity contribution is 0.489. The second-order valence-corrected chi connectivity index (χ2v) is 7.51. The summed E-state index contributed by atoms with van der Waals surface area (Å²) in [6.45, 7) is 0. The molecule has 4 heteroatoms. The second kappa shape index (κ2) is 5.49. The van der Waals surface area contributed by atoms with Gasteiger partial charge in [-0.3, -0.25) is 0 Å². The SMILES string of the molecule is CS(=O)(=O)Oc1ccccc1C1c2ccccc2-c2ccccc21. The van der Waals surface area contributed by atoms with Crippen molar-refractivity contribution in [2.45, 2.75) is 5.92 Å². The molecule has 0 radical (unpaired) electrons. The van der Waals surface area contributed by atoms with Crippen LogP contribution in [0.3, 0.4) is 0 Å². The number of hydrogen-bond donors (Lipinski definition) is 0. The van der Waals surface area contributed by atoms with E-state index in [4.69, 9.17) is 4.18 Å². The van der Waals surface area contributed by atoms with Crippen molar-refractivity contribution in [1.82, 2.24) is 0 Å². The van der Waals surface area contributed by atoms with Crippen molar-refractivity contribution in [1.29, 1.82) is 0 Å². The molecule has 3 nitrogen and oxygen atoms in total. The predicted molar refractivity (Wildman–Crippen MR) is 94.7 cm³/mol. The molecule has 0 N–H and O–H groups in total. The summed E-state index contributed by atoms with van der Waals surface area (Å²) in [5.74, 6) is 0.354. The molecule has 0 fully saturated rings. The van der Waals surface area contributed by atoms with Crippen LogP contribution in [-0.2, 0) is 10.1 Å². The minimum Gasteiger partial charge on any atom is -0.382 e. The van der Waals surface area contributed by atoms with Crippen LogP contribution in [0.25, 0.3) is 11.1 Å². The molecule has 0 saturated heterocycles. The van der Waals surface area contributed by atoms with Crippen molar-refractivity contribution in [3.63, 3.8) is 0 Å². The summed E-state index contributed by atoms with van der Waals surface area (Å²) in [5.41, 5.74) is 5.58. The van der Waals surface area contributed by atoms with Gasteiger partial charge in [0.05, 0.1) is 6.26 Å². The Morgan fingerprint density at radius 2 is 1.17 bits per heavy atom. The molecule has 0 spiro atoms. The normalized spacial score (nSPS) is 13.4. The first kappa shape index (κ1) is 15.0. The molecule has 0 unspecified atom stereocenters. The van der Waals surface area contributed by atoms with E-state index in [0.29, 0.717) is 5.75 Å². The molecule has 1 aliphatic rings. The van der Waals surface area contributed by atoms with Gasteiger partial charge in [0.15, 0.2) is 0 Å². The monoisotopic (exact) mass is 336 g/mol. The Hall–Kier alpha value is -2.59. The molecule has 120 valence electrons. The van der Waals surface area contributed by atoms with Gasteiger partial charge in [-0.1, -0.05) is 66.7 Å². The Morgan fingerprint density at radius 1 is 0.708 bits per heavy atom. The molecular formula is C20H16O3S. The Bertz CT molecular complexity index is 977. The maximum absolute atomic E-state index is 11.6. The largest absolute Gasteiger partial charge is 0.382 e. The van der Waals surface area contributed by atoms with E-state index in [1.54, 1.807) is 12.1 Å². The molecular weight excluding hydrogens is 320 g/mol. The number of hydrogen-bond acceptors (Lipinski definition) is 3. The van der Waals surface area contributed by atoms with Crippen LogP contribution in [0.2, 0.25) is 0 Å². The molecule has 0 atom stereocenters. The van der Waals surface area contributed by atoms with Gasteiger partial charge in [0.25, 0.3) is 0 Å². The van der Waals surface area contributed by atoms with E-state index in [1.807, 2.05) is 36.4 Å². The van der Waals surface area contributed by atoms with E-state index in [1.165, 1.54) is 22.3 Å². The zero-order valence-corrected chi connectivity index (χ0v) is 14.0. The van der Waals surface area contributed by atoms with Crippen LogP contribution in [0, 0.1) is 0 Å². The lowest BCUT2D eigenvalue weighted by Crippen LogP contribution is -2.09. The Morgan fingerprint density at radius 3 is 1.71 bits per heavy atom. The van der Waals surface area contributed by atoms with E-state index >= 15 is 0 Å². The summed E-state index contributed by atoms with van der Waals surface area (Å²) in [6, 6.07) is 23.8. The zero-order valence-electron chi connectivity index (χ0n) is 13.1. The Kier molecular flexibility index (Phi) is 3.43. The lowest BCUT2D eigenvalue weighted by atomic mass is 9.89. The minimum absolute atomic E-state index is 0.0321. The fourth-order valence-electron chi connectivity index (χ4n) is 3.45. The van der Waals surface area contributed by atoms with Gasteiger partial charge in [0.2, 0.25) is 0 Å². The van der Waals surface area contributed by atoms with E-state index in [0.717, 1.165) is 11.8 Å². The van der Waals surface area contributed by atoms with Crippen LogP contribution in [0.15, 0.2) is 72.8 Å². The van der Waals surface area contributed by atoms with Crippen LogP contribution in [0.5, 0.6) is 5.75 Å². The van der Waals surface area contributed by atoms with E-state index in [2.05, 4.69) is 24.3 Å². The van der Waals surface area contributed by atoms with Gasteiger partial charge in [-0.15, -0.1) is 0 Å². The van der Waals surface area contributed by atoms with Crippen LogP contribution in [-0.4, -0.2) is 14.7 Å². The van der Waals surface area contributed by atoms with Crippen molar-refractivity contribution >= 4 is 10.1 Å². The first-order valence-corrected chi connectivity index (χ1v) is 9.53. The first-order chi connectivity index (χ1) is 11.5. The minimum atomic E-state index is -3.58. The highest BCUT2D eigenvalue weighted by atomic mass is 32.2. The number of benzene rings is 3. The molecule has 0 heterocycles. The highest BCUT2D eigenvalue weighted by Gasteiger charge is 2.31. The van der Waals surface area contributed by atoms with Gasteiger partial charge in [0, 0.05) is 11.5 Å². The molecule has 0 bridgehead atoms. The van der Waals surface area contributed by atoms with Crippen LogP contribution >= 0.6 is 0 Å². The van der Waals surface area contributed by atoms with Crippen LogP contribution in [0.1, 0.15) is 22.6 Å². The standard InChI is InChI=1S/C20H16O3S/c1-24(21,22)23-19-13-7-6-12-18(19)20-16-10-4-2-8-14(16)15-9-3-5-11-17(15)20/h2-13,20H,1H3. The summed E-state index contributed by atoms with van der Waals surface area (Å²) < 4.78 is 28.5. The summed E-state index contributed by atoms with van der Waals surface area (Å²) >= 11 is 0. The van der Waals surface area contributed by atoms with Crippen LogP contribution < -0.4 is 4.18 Å². The Labute approximate surface area is 141 Å². The highest BCUT2D eigenvalue weighted by Crippen LogP contribution is 2.49. The number of fused-ring (bicyclic) bond motifs is 3. The topological polar surface area (TPSA) is 43.4 Å². The van der Waals surface area contributed by atoms with Gasteiger partial charge in [-0.05, 0) is 28.3 Å². The van der Waals surface area contributed by atoms with Gasteiger partial charge in [-0.25, -0.2) is 0 Å². The maximum Gasteiger partial charge on any atom is 0.306 e. The summed E-state index contributed by atoms with van der Waals surface area (Å²) in [4.78, 5) is 0. The molecule has 0 aromatic heterocycles. The van der Waals surface area contributed by atoms with Crippen molar-refractivity contribution in [3.05, 3.63) is 89.5 Å². The molecule has 1 aliphatic carbocycles. The smallest absolute Gasteiger partial charge is 0.306 e. The zero-order chi connectivity index (χ0) is 16.7. The number of para-hydroxylation sites is 1. The summed E-state index contributed by atoms with van der Waals surface area (Å²) in [5, 5.41) is 0. The maximum atomic E-state index is 11.6. The predicted octanol–water partition coefficient (Wildman–Crippen LogP) is 4.19. The highest BCUT2D eigenvalue weighted by molar-refractivity contribution is 7.86. The molecule has 3 aromatic carbocycles. The van der Waals surface area contributed by atoms with Crippen molar-refractivity contribution < 1.29 is 12.6 Å².